The van der Waals surface area contributed by atoms with E-state index in [1.165, 1.54) is 6.42 Å². The van der Waals surface area contributed by atoms with Gasteiger partial charge in [0.05, 0.1) is 6.61 Å². The van der Waals surface area contributed by atoms with Crippen LogP contribution in [0.1, 0.15) is 26.2 Å². The minimum absolute atomic E-state index is 0.650. The molecule has 2 rings (SSSR count). The van der Waals surface area contributed by atoms with Crippen LogP contribution in [0.15, 0.2) is 12.3 Å². The number of ether oxygens (including phenoxy) is 1. The molecule has 1 atom stereocenters. The third-order valence-corrected chi connectivity index (χ3v) is 3.08. The Bertz CT molecular complexity index is 353. The Morgan fingerprint density at radius 2 is 2.50 bits per heavy atom. The number of hydrogen-bond acceptors (Lipinski definition) is 5. The molecule has 1 saturated heterocycles. The highest BCUT2D eigenvalue weighted by molar-refractivity contribution is 5.27. The molecule has 1 aromatic heterocycles. The summed E-state index contributed by atoms with van der Waals surface area (Å²) in [5.41, 5.74) is 0. The lowest BCUT2D eigenvalue weighted by atomic mass is 10.1. The first-order valence-electron chi connectivity index (χ1n) is 6.79. The van der Waals surface area contributed by atoms with E-state index in [4.69, 9.17) is 4.74 Å². The van der Waals surface area contributed by atoms with E-state index < -0.39 is 0 Å². The molecule has 5 nitrogen and oxygen atoms in total. The molecule has 0 radical (unpaired) electrons. The van der Waals surface area contributed by atoms with E-state index in [0.29, 0.717) is 18.4 Å². The molecule has 1 fully saturated rings. The van der Waals surface area contributed by atoms with Crippen LogP contribution in [0.25, 0.3) is 0 Å². The van der Waals surface area contributed by atoms with Crippen LogP contribution in [-0.2, 0) is 0 Å². The predicted octanol–water partition coefficient (Wildman–Crippen LogP) is 1.68. The minimum Gasteiger partial charge on any atom is -0.478 e. The van der Waals surface area contributed by atoms with Gasteiger partial charge < -0.3 is 15.4 Å². The number of hydrogen-bond donors (Lipinski definition) is 2. The smallest absolute Gasteiger partial charge is 0.225 e. The highest BCUT2D eigenvalue weighted by Gasteiger charge is 2.13. The molecule has 0 saturated carbocycles. The fraction of sp³-hybridized carbons (Fsp3) is 0.692. The van der Waals surface area contributed by atoms with Gasteiger partial charge in [-0.1, -0.05) is 6.92 Å². The minimum atomic E-state index is 0.650. The molecule has 100 valence electrons. The van der Waals surface area contributed by atoms with Crippen molar-refractivity contribution in [3.8, 4) is 5.88 Å². The molecule has 0 aromatic carbocycles. The van der Waals surface area contributed by atoms with E-state index in [-0.39, 0.29) is 0 Å². The molecule has 1 aliphatic heterocycles. The van der Waals surface area contributed by atoms with Crippen molar-refractivity contribution >= 4 is 5.95 Å². The molecule has 0 amide bonds. The van der Waals surface area contributed by atoms with Crippen LogP contribution < -0.4 is 15.4 Å². The third-order valence-electron chi connectivity index (χ3n) is 3.08. The highest BCUT2D eigenvalue weighted by atomic mass is 16.5. The molecule has 0 bridgehead atoms. The first-order chi connectivity index (χ1) is 8.88. The third kappa shape index (κ3) is 4.14. The summed E-state index contributed by atoms with van der Waals surface area (Å²) in [6, 6.07) is 1.79. The van der Waals surface area contributed by atoms with Crippen LogP contribution in [-0.4, -0.2) is 36.2 Å². The predicted molar refractivity (Wildman–Crippen MR) is 71.9 cm³/mol. The summed E-state index contributed by atoms with van der Waals surface area (Å²) in [6.07, 6.45) is 5.16. The van der Waals surface area contributed by atoms with Crippen molar-refractivity contribution in [3.05, 3.63) is 12.3 Å². The molecule has 1 aliphatic rings. The maximum Gasteiger partial charge on any atom is 0.225 e. The molecular formula is C13H22N4O. The van der Waals surface area contributed by atoms with Crippen molar-refractivity contribution in [2.45, 2.75) is 26.2 Å². The van der Waals surface area contributed by atoms with Crippen LogP contribution in [0.5, 0.6) is 5.88 Å². The van der Waals surface area contributed by atoms with Crippen LogP contribution in [0.3, 0.4) is 0 Å². The largest absolute Gasteiger partial charge is 0.478 e. The van der Waals surface area contributed by atoms with E-state index in [9.17, 15) is 0 Å². The number of anilines is 1. The summed E-state index contributed by atoms with van der Waals surface area (Å²) in [4.78, 5) is 8.51. The lowest BCUT2D eigenvalue weighted by molar-refractivity contribution is 0.305. The Balaban J connectivity index is 1.74. The molecule has 5 heteroatoms. The lowest BCUT2D eigenvalue weighted by Crippen LogP contribution is -2.13. The van der Waals surface area contributed by atoms with Gasteiger partial charge in [-0.05, 0) is 38.3 Å². The zero-order chi connectivity index (χ0) is 12.6. The number of nitrogens with zero attached hydrogens (tertiary/aromatic N) is 2. The van der Waals surface area contributed by atoms with Crippen molar-refractivity contribution in [2.24, 2.45) is 5.92 Å². The Kier molecular flexibility index (Phi) is 5.20. The Morgan fingerprint density at radius 1 is 1.56 bits per heavy atom. The van der Waals surface area contributed by atoms with E-state index in [2.05, 4.69) is 27.5 Å². The van der Waals surface area contributed by atoms with Gasteiger partial charge in [0.1, 0.15) is 0 Å². The van der Waals surface area contributed by atoms with Gasteiger partial charge in [0.15, 0.2) is 0 Å². The monoisotopic (exact) mass is 250 g/mol. The fourth-order valence-corrected chi connectivity index (χ4v) is 2.06. The second kappa shape index (κ2) is 7.16. The summed E-state index contributed by atoms with van der Waals surface area (Å²) < 4.78 is 5.47. The van der Waals surface area contributed by atoms with E-state index in [1.54, 1.807) is 12.3 Å². The van der Waals surface area contributed by atoms with E-state index >= 15 is 0 Å². The van der Waals surface area contributed by atoms with Crippen LogP contribution in [0, 0.1) is 5.92 Å². The average Bonchev–Trinajstić information content (AvgIpc) is 2.90. The van der Waals surface area contributed by atoms with Gasteiger partial charge >= 0.3 is 0 Å². The van der Waals surface area contributed by atoms with Gasteiger partial charge in [0, 0.05) is 18.8 Å². The Hall–Kier alpha value is -1.36. The van der Waals surface area contributed by atoms with Gasteiger partial charge in [0.25, 0.3) is 0 Å². The number of rotatable bonds is 7. The maximum absolute atomic E-state index is 5.47. The number of aromatic nitrogens is 2. The van der Waals surface area contributed by atoms with Gasteiger partial charge in [0.2, 0.25) is 11.8 Å². The first-order valence-corrected chi connectivity index (χ1v) is 6.79. The van der Waals surface area contributed by atoms with Crippen molar-refractivity contribution < 1.29 is 4.74 Å². The molecule has 0 aliphatic carbocycles. The second-order valence-corrected chi connectivity index (χ2v) is 4.64. The fourth-order valence-electron chi connectivity index (χ4n) is 2.06. The van der Waals surface area contributed by atoms with Crippen LogP contribution in [0.4, 0.5) is 5.95 Å². The molecular weight excluding hydrogens is 228 g/mol. The highest BCUT2D eigenvalue weighted by Crippen LogP contribution is 2.13. The molecule has 2 N–H and O–H groups in total. The number of nitrogens with one attached hydrogen (secondary N) is 2. The SMILES string of the molecule is CCCOc1ccnc(NCCC2CCNC2)n1. The van der Waals surface area contributed by atoms with Gasteiger partial charge in [-0.25, -0.2) is 4.98 Å². The van der Waals surface area contributed by atoms with Gasteiger partial charge in [-0.3, -0.25) is 0 Å². The summed E-state index contributed by atoms with van der Waals surface area (Å²) >= 11 is 0. The van der Waals surface area contributed by atoms with E-state index in [0.717, 1.165) is 38.4 Å². The normalized spacial score (nSPS) is 18.8. The Labute approximate surface area is 108 Å². The van der Waals surface area contributed by atoms with Gasteiger partial charge in [-0.2, -0.15) is 4.98 Å². The summed E-state index contributed by atoms with van der Waals surface area (Å²) in [6.45, 7) is 5.99. The zero-order valence-corrected chi connectivity index (χ0v) is 11.0. The van der Waals surface area contributed by atoms with Gasteiger partial charge in [-0.15, -0.1) is 0 Å². The summed E-state index contributed by atoms with van der Waals surface area (Å²) in [5.74, 6) is 2.10. The quantitative estimate of drug-likeness (QED) is 0.771. The average molecular weight is 250 g/mol. The topological polar surface area (TPSA) is 59.1 Å². The summed E-state index contributed by atoms with van der Waals surface area (Å²) in [7, 11) is 0. The second-order valence-electron chi connectivity index (χ2n) is 4.64. The standard InChI is InChI=1S/C13H22N4O/c1-2-9-18-12-5-8-16-13(17-12)15-7-4-11-3-6-14-10-11/h5,8,11,14H,2-4,6-7,9-10H2,1H3,(H,15,16,17). The van der Waals surface area contributed by atoms with Crippen LogP contribution in [0.2, 0.25) is 0 Å². The molecule has 1 unspecified atom stereocenters. The van der Waals surface area contributed by atoms with Crippen molar-refractivity contribution in [1.29, 1.82) is 0 Å². The first kappa shape index (κ1) is 13.1. The molecule has 2 heterocycles. The lowest BCUT2D eigenvalue weighted by Gasteiger charge is -2.10. The summed E-state index contributed by atoms with van der Waals surface area (Å²) in [5, 5.41) is 6.63. The van der Waals surface area contributed by atoms with Crippen molar-refractivity contribution in [2.75, 3.05) is 31.6 Å². The Morgan fingerprint density at radius 3 is 3.28 bits per heavy atom. The molecule has 18 heavy (non-hydrogen) atoms. The van der Waals surface area contributed by atoms with Crippen LogP contribution >= 0.6 is 0 Å². The molecule has 1 aromatic rings. The van der Waals surface area contributed by atoms with E-state index in [1.807, 2.05) is 0 Å². The molecule has 0 spiro atoms. The maximum atomic E-state index is 5.47. The zero-order valence-electron chi connectivity index (χ0n) is 11.0. The van der Waals surface area contributed by atoms with Crippen molar-refractivity contribution in [3.63, 3.8) is 0 Å². The van der Waals surface area contributed by atoms with Crippen molar-refractivity contribution in [1.82, 2.24) is 15.3 Å².